The molecule has 9 nitrogen and oxygen atoms in total. The first-order valence-electron chi connectivity index (χ1n) is 9.98. The predicted molar refractivity (Wildman–Crippen MR) is 123 cm³/mol. The Hall–Kier alpha value is -3.59. The summed E-state index contributed by atoms with van der Waals surface area (Å²) in [4.78, 5) is 36.3. The van der Waals surface area contributed by atoms with E-state index in [9.17, 15) is 14.4 Å². The molecule has 2 rings (SSSR count). The molecular weight excluding hydrogens is 434 g/mol. The number of ether oxygens (including phenoxy) is 1. The number of benzene rings is 2. The van der Waals surface area contributed by atoms with Gasteiger partial charge in [-0.15, -0.1) is 0 Å². The molecule has 170 valence electrons. The lowest BCUT2D eigenvalue weighted by atomic mass is 10.0. The molecule has 0 saturated heterocycles. The summed E-state index contributed by atoms with van der Waals surface area (Å²) in [5, 5.41) is 16.1. The van der Waals surface area contributed by atoms with E-state index in [0.717, 1.165) is 0 Å². The molecule has 1 unspecified atom stereocenters. The van der Waals surface area contributed by atoms with Gasteiger partial charge < -0.3 is 26.4 Å². The molecule has 0 aliphatic carbocycles. The molecule has 2 aromatic carbocycles. The smallest absolute Gasteiger partial charge is 0.319 e. The molecule has 0 fully saturated rings. The van der Waals surface area contributed by atoms with Crippen LogP contribution in [0.5, 0.6) is 0 Å². The van der Waals surface area contributed by atoms with Gasteiger partial charge in [-0.25, -0.2) is 4.79 Å². The molecular formula is C22H26ClN5O4. The van der Waals surface area contributed by atoms with E-state index in [0.29, 0.717) is 21.8 Å². The minimum atomic E-state index is -0.633. The van der Waals surface area contributed by atoms with Gasteiger partial charge in [0.25, 0.3) is 0 Å². The fraction of sp³-hybridized carbons (Fsp3) is 0.273. The van der Waals surface area contributed by atoms with Crippen LogP contribution in [0.4, 0.5) is 10.5 Å². The molecule has 32 heavy (non-hydrogen) atoms. The molecule has 2 aromatic rings. The maximum absolute atomic E-state index is 12.5. The van der Waals surface area contributed by atoms with E-state index in [4.69, 9.17) is 27.5 Å². The standard InChI is InChI=1S/C22H26ClN5O4/c1-2-32-20(30)11-12-26-19(29)13-18(14-3-7-16(23)8-4-14)28-22(31)27-17-9-5-15(6-10-17)21(24)25/h3-10,18H,2,11-13H2,1H3,(H3,24,25)(H,26,29)(H2,27,28,31). The summed E-state index contributed by atoms with van der Waals surface area (Å²) in [6.07, 6.45) is 0.0243. The average molecular weight is 460 g/mol. The first kappa shape index (κ1) is 24.7. The fourth-order valence-electron chi connectivity index (χ4n) is 2.80. The number of nitrogen functional groups attached to an aromatic ring is 1. The highest BCUT2D eigenvalue weighted by molar-refractivity contribution is 6.30. The van der Waals surface area contributed by atoms with Crippen molar-refractivity contribution in [3.63, 3.8) is 0 Å². The van der Waals surface area contributed by atoms with Crippen LogP contribution in [-0.4, -0.2) is 36.9 Å². The van der Waals surface area contributed by atoms with Crippen molar-refractivity contribution in [2.24, 2.45) is 5.73 Å². The zero-order valence-corrected chi connectivity index (χ0v) is 18.4. The van der Waals surface area contributed by atoms with Gasteiger partial charge in [0.15, 0.2) is 0 Å². The minimum Gasteiger partial charge on any atom is -0.466 e. The maximum Gasteiger partial charge on any atom is 0.319 e. The molecule has 6 N–H and O–H groups in total. The molecule has 0 aliphatic rings. The molecule has 0 heterocycles. The number of carbonyl (C=O) groups is 3. The SMILES string of the molecule is CCOC(=O)CCNC(=O)CC(NC(=O)Nc1ccc(C(=N)N)cc1)c1ccc(Cl)cc1. The van der Waals surface area contributed by atoms with E-state index >= 15 is 0 Å². The van der Waals surface area contributed by atoms with Crippen LogP contribution >= 0.6 is 11.6 Å². The highest BCUT2D eigenvalue weighted by Gasteiger charge is 2.19. The second-order valence-electron chi connectivity index (χ2n) is 6.80. The van der Waals surface area contributed by atoms with Crippen molar-refractivity contribution in [3.05, 3.63) is 64.7 Å². The number of urea groups is 1. The molecule has 0 aliphatic heterocycles. The van der Waals surface area contributed by atoms with E-state index in [2.05, 4.69) is 16.0 Å². The summed E-state index contributed by atoms with van der Waals surface area (Å²) in [6, 6.07) is 12.1. The van der Waals surface area contributed by atoms with Crippen LogP contribution in [0.2, 0.25) is 5.02 Å². The Bertz CT molecular complexity index is 948. The van der Waals surface area contributed by atoms with Crippen LogP contribution in [-0.2, 0) is 14.3 Å². The second kappa shape index (κ2) is 12.3. The Balaban J connectivity index is 2.00. The summed E-state index contributed by atoms with van der Waals surface area (Å²) in [5.41, 5.74) is 7.16. The van der Waals surface area contributed by atoms with Crippen molar-refractivity contribution in [2.75, 3.05) is 18.5 Å². The molecule has 0 spiro atoms. The van der Waals surface area contributed by atoms with Crippen LogP contribution in [0.3, 0.4) is 0 Å². The molecule has 0 aromatic heterocycles. The third-order valence-electron chi connectivity index (χ3n) is 4.38. The summed E-state index contributed by atoms with van der Waals surface area (Å²) in [6.45, 7) is 2.13. The fourth-order valence-corrected chi connectivity index (χ4v) is 2.93. The van der Waals surface area contributed by atoms with Crippen molar-refractivity contribution in [1.29, 1.82) is 5.41 Å². The van der Waals surface area contributed by atoms with Crippen molar-refractivity contribution >= 4 is 41.0 Å². The Morgan fingerprint density at radius 2 is 1.75 bits per heavy atom. The van der Waals surface area contributed by atoms with E-state index < -0.39 is 18.0 Å². The number of amidine groups is 1. The van der Waals surface area contributed by atoms with Crippen molar-refractivity contribution in [3.8, 4) is 0 Å². The number of hydrogen-bond acceptors (Lipinski definition) is 5. The van der Waals surface area contributed by atoms with Gasteiger partial charge in [0, 0.05) is 22.8 Å². The van der Waals surface area contributed by atoms with E-state index in [-0.39, 0.29) is 37.7 Å². The van der Waals surface area contributed by atoms with Crippen LogP contribution in [0.25, 0.3) is 0 Å². The van der Waals surface area contributed by atoms with Crippen molar-refractivity contribution in [1.82, 2.24) is 10.6 Å². The zero-order valence-electron chi connectivity index (χ0n) is 17.6. The van der Waals surface area contributed by atoms with Gasteiger partial charge in [0.2, 0.25) is 5.91 Å². The molecule has 1 atom stereocenters. The lowest BCUT2D eigenvalue weighted by Gasteiger charge is -2.19. The number of esters is 1. The number of rotatable bonds is 10. The summed E-state index contributed by atoms with van der Waals surface area (Å²) >= 11 is 5.95. The average Bonchev–Trinajstić information content (AvgIpc) is 2.74. The first-order chi connectivity index (χ1) is 15.3. The highest BCUT2D eigenvalue weighted by atomic mass is 35.5. The summed E-state index contributed by atoms with van der Waals surface area (Å²) in [7, 11) is 0. The van der Waals surface area contributed by atoms with E-state index in [1.165, 1.54) is 0 Å². The van der Waals surface area contributed by atoms with Crippen LogP contribution in [0, 0.1) is 5.41 Å². The largest absolute Gasteiger partial charge is 0.466 e. The number of hydrogen-bond donors (Lipinski definition) is 5. The van der Waals surface area contributed by atoms with Gasteiger partial charge >= 0.3 is 12.0 Å². The molecule has 0 saturated carbocycles. The number of carbonyl (C=O) groups excluding carboxylic acids is 3. The van der Waals surface area contributed by atoms with E-state index in [1.807, 2.05) is 0 Å². The number of anilines is 1. The van der Waals surface area contributed by atoms with Gasteiger partial charge in [0.05, 0.1) is 25.5 Å². The monoisotopic (exact) mass is 459 g/mol. The molecule has 3 amide bonds. The van der Waals surface area contributed by atoms with Gasteiger partial charge in [-0.05, 0) is 48.9 Å². The Labute approximate surface area is 191 Å². The first-order valence-corrected chi connectivity index (χ1v) is 10.4. The second-order valence-corrected chi connectivity index (χ2v) is 7.24. The van der Waals surface area contributed by atoms with Gasteiger partial charge in [-0.2, -0.15) is 0 Å². The van der Waals surface area contributed by atoms with Crippen LogP contribution in [0.1, 0.15) is 36.9 Å². The molecule has 0 bridgehead atoms. The Kier molecular flexibility index (Phi) is 9.49. The number of amides is 3. The number of nitrogens with one attached hydrogen (secondary N) is 4. The van der Waals surface area contributed by atoms with Crippen LogP contribution in [0.15, 0.2) is 48.5 Å². The molecule has 10 heteroatoms. The van der Waals surface area contributed by atoms with Crippen LogP contribution < -0.4 is 21.7 Å². The van der Waals surface area contributed by atoms with Crippen molar-refractivity contribution < 1.29 is 19.1 Å². The quantitative estimate of drug-likeness (QED) is 0.210. The van der Waals surface area contributed by atoms with Crippen molar-refractivity contribution in [2.45, 2.75) is 25.8 Å². The summed E-state index contributed by atoms with van der Waals surface area (Å²) in [5.74, 6) is -0.798. The number of halogens is 1. The number of nitrogens with two attached hydrogens (primary N) is 1. The normalized spacial score (nSPS) is 11.2. The summed E-state index contributed by atoms with van der Waals surface area (Å²) < 4.78 is 4.83. The van der Waals surface area contributed by atoms with Gasteiger partial charge in [-0.3, -0.25) is 15.0 Å². The van der Waals surface area contributed by atoms with Gasteiger partial charge in [-0.1, -0.05) is 23.7 Å². The molecule has 0 radical (unpaired) electrons. The Morgan fingerprint density at radius 1 is 1.09 bits per heavy atom. The lowest BCUT2D eigenvalue weighted by molar-refractivity contribution is -0.143. The predicted octanol–water partition coefficient (Wildman–Crippen LogP) is 2.95. The topological polar surface area (TPSA) is 146 Å². The minimum absolute atomic E-state index is 0.0405. The highest BCUT2D eigenvalue weighted by Crippen LogP contribution is 2.20. The van der Waals surface area contributed by atoms with Gasteiger partial charge in [0.1, 0.15) is 5.84 Å². The zero-order chi connectivity index (χ0) is 23.5. The Morgan fingerprint density at radius 3 is 2.34 bits per heavy atom. The maximum atomic E-state index is 12.5. The van der Waals surface area contributed by atoms with E-state index in [1.54, 1.807) is 55.5 Å². The third kappa shape index (κ3) is 8.27. The third-order valence-corrected chi connectivity index (χ3v) is 4.63. The lowest BCUT2D eigenvalue weighted by Crippen LogP contribution is -2.36.